The first kappa shape index (κ1) is 12.8. The summed E-state index contributed by atoms with van der Waals surface area (Å²) in [5, 5.41) is 0. The minimum atomic E-state index is -4.25. The van der Waals surface area contributed by atoms with Gasteiger partial charge in [0.1, 0.15) is 6.54 Å². The Morgan fingerprint density at radius 3 is 1.60 bits per heavy atom. The van der Waals surface area contributed by atoms with Crippen molar-refractivity contribution >= 4 is 22.7 Å². The molecule has 1 aliphatic rings. The highest BCUT2D eigenvalue weighted by atomic mass is 19.4. The van der Waals surface area contributed by atoms with Crippen molar-refractivity contribution in [3.63, 3.8) is 0 Å². The molecule has 2 nitrogen and oxygen atoms in total. The van der Waals surface area contributed by atoms with E-state index in [4.69, 9.17) is 0 Å². The Morgan fingerprint density at radius 2 is 1.20 bits per heavy atom. The Bertz CT molecular complexity index is 590. The summed E-state index contributed by atoms with van der Waals surface area (Å²) in [6.45, 7) is -0.991. The van der Waals surface area contributed by atoms with E-state index < -0.39 is 12.7 Å². The molecular formula is C15H13F3N2. The number of alkyl halides is 3. The van der Waals surface area contributed by atoms with Gasteiger partial charge in [-0.3, -0.25) is 0 Å². The topological polar surface area (TPSA) is 6.48 Å². The fourth-order valence-electron chi connectivity index (χ4n) is 2.56. The molecule has 0 spiro atoms. The van der Waals surface area contributed by atoms with Gasteiger partial charge in [-0.2, -0.15) is 13.2 Å². The third-order valence-corrected chi connectivity index (χ3v) is 3.41. The van der Waals surface area contributed by atoms with Crippen molar-refractivity contribution in [1.82, 2.24) is 0 Å². The third-order valence-electron chi connectivity index (χ3n) is 3.41. The largest absolute Gasteiger partial charge is 0.406 e. The number of hydrogen-bond donors (Lipinski definition) is 0. The second kappa shape index (κ2) is 4.44. The Labute approximate surface area is 115 Å². The Balaban J connectivity index is 2.17. The zero-order chi connectivity index (χ0) is 14.3. The van der Waals surface area contributed by atoms with Gasteiger partial charge in [0.15, 0.2) is 0 Å². The SMILES string of the molecule is CN1c2ccccc2N(CC(F)(F)F)c2ccccc21. The monoisotopic (exact) mass is 278 g/mol. The van der Waals surface area contributed by atoms with E-state index in [0.29, 0.717) is 11.4 Å². The molecule has 0 atom stereocenters. The van der Waals surface area contributed by atoms with E-state index >= 15 is 0 Å². The maximum absolute atomic E-state index is 12.9. The average molecular weight is 278 g/mol. The Morgan fingerprint density at radius 1 is 0.800 bits per heavy atom. The van der Waals surface area contributed by atoms with Crippen LogP contribution in [0.3, 0.4) is 0 Å². The molecule has 5 heteroatoms. The molecule has 0 radical (unpaired) electrons. The summed E-state index contributed by atoms with van der Waals surface area (Å²) in [6, 6.07) is 14.3. The van der Waals surface area contributed by atoms with Gasteiger partial charge in [0.05, 0.1) is 22.7 Å². The molecule has 0 N–H and O–H groups in total. The molecule has 0 bridgehead atoms. The number of benzene rings is 2. The van der Waals surface area contributed by atoms with E-state index in [-0.39, 0.29) is 0 Å². The number of halogens is 3. The lowest BCUT2D eigenvalue weighted by atomic mass is 10.1. The van der Waals surface area contributed by atoms with Crippen molar-refractivity contribution in [1.29, 1.82) is 0 Å². The zero-order valence-electron chi connectivity index (χ0n) is 10.9. The van der Waals surface area contributed by atoms with Gasteiger partial charge in [0, 0.05) is 7.05 Å². The van der Waals surface area contributed by atoms with Crippen molar-refractivity contribution in [3.05, 3.63) is 48.5 Å². The smallest absolute Gasteiger partial charge is 0.341 e. The molecule has 104 valence electrons. The second-order valence-corrected chi connectivity index (χ2v) is 4.74. The molecule has 0 fully saturated rings. The molecule has 1 aliphatic heterocycles. The predicted octanol–water partition coefficient (Wildman–Crippen LogP) is 4.47. The lowest BCUT2D eigenvalue weighted by Gasteiger charge is -2.38. The second-order valence-electron chi connectivity index (χ2n) is 4.74. The summed E-state index contributed by atoms with van der Waals surface area (Å²) in [5.74, 6) is 0. The fraction of sp³-hybridized carbons (Fsp3) is 0.200. The van der Waals surface area contributed by atoms with E-state index in [9.17, 15) is 13.2 Å². The van der Waals surface area contributed by atoms with Crippen LogP contribution in [0.25, 0.3) is 0 Å². The molecule has 2 aromatic rings. The summed E-state index contributed by atoms with van der Waals surface area (Å²) >= 11 is 0. The van der Waals surface area contributed by atoms with Crippen LogP contribution in [-0.2, 0) is 0 Å². The first-order valence-electron chi connectivity index (χ1n) is 6.23. The first-order chi connectivity index (χ1) is 9.47. The molecule has 0 saturated carbocycles. The molecule has 0 aliphatic carbocycles. The van der Waals surface area contributed by atoms with Gasteiger partial charge in [-0.15, -0.1) is 0 Å². The highest BCUT2D eigenvalue weighted by Crippen LogP contribution is 2.47. The minimum absolute atomic E-state index is 0.575. The van der Waals surface area contributed by atoms with Gasteiger partial charge < -0.3 is 9.80 Å². The number of nitrogens with zero attached hydrogens (tertiary/aromatic N) is 2. The number of rotatable bonds is 1. The number of anilines is 4. The lowest BCUT2D eigenvalue weighted by molar-refractivity contribution is -0.118. The molecule has 0 saturated heterocycles. The Kier molecular flexibility index (Phi) is 2.85. The van der Waals surface area contributed by atoms with Crippen LogP contribution in [0.2, 0.25) is 0 Å². The molecule has 1 heterocycles. The van der Waals surface area contributed by atoms with Crippen LogP contribution in [0.5, 0.6) is 0 Å². The standard InChI is InChI=1S/C15H13F3N2/c1-19-11-6-2-4-8-13(11)20(10-15(16,17)18)14-9-5-3-7-12(14)19/h2-9H,10H2,1H3. The van der Waals surface area contributed by atoms with Gasteiger partial charge in [-0.25, -0.2) is 0 Å². The molecule has 3 rings (SSSR count). The minimum Gasteiger partial charge on any atom is -0.341 e. The van der Waals surface area contributed by atoms with Gasteiger partial charge in [-0.05, 0) is 24.3 Å². The van der Waals surface area contributed by atoms with Crippen LogP contribution in [0, 0.1) is 0 Å². The first-order valence-corrected chi connectivity index (χ1v) is 6.23. The van der Waals surface area contributed by atoms with Crippen LogP contribution < -0.4 is 9.80 Å². The van der Waals surface area contributed by atoms with Crippen LogP contribution in [0.1, 0.15) is 0 Å². The molecule has 0 aromatic heterocycles. The van der Waals surface area contributed by atoms with Crippen LogP contribution in [0.15, 0.2) is 48.5 Å². The maximum atomic E-state index is 12.9. The van der Waals surface area contributed by atoms with Gasteiger partial charge in [0.25, 0.3) is 0 Å². The van der Waals surface area contributed by atoms with E-state index in [1.54, 1.807) is 24.3 Å². The van der Waals surface area contributed by atoms with Gasteiger partial charge >= 0.3 is 6.18 Å². The van der Waals surface area contributed by atoms with E-state index in [1.165, 1.54) is 4.90 Å². The number of fused-ring (bicyclic) bond motifs is 2. The van der Waals surface area contributed by atoms with E-state index in [2.05, 4.69) is 0 Å². The van der Waals surface area contributed by atoms with Crippen molar-refractivity contribution in [3.8, 4) is 0 Å². The predicted molar refractivity (Wildman–Crippen MR) is 74.0 cm³/mol. The van der Waals surface area contributed by atoms with E-state index in [1.807, 2.05) is 36.2 Å². The molecule has 0 amide bonds. The van der Waals surface area contributed by atoms with Crippen molar-refractivity contribution < 1.29 is 13.2 Å². The fourth-order valence-corrected chi connectivity index (χ4v) is 2.56. The number of hydrogen-bond acceptors (Lipinski definition) is 2. The quantitative estimate of drug-likeness (QED) is 0.759. The average Bonchev–Trinajstić information content (AvgIpc) is 2.42. The molecular weight excluding hydrogens is 265 g/mol. The zero-order valence-corrected chi connectivity index (χ0v) is 10.9. The molecule has 0 unspecified atom stereocenters. The summed E-state index contributed by atoms with van der Waals surface area (Å²) < 4.78 is 38.6. The van der Waals surface area contributed by atoms with Crippen molar-refractivity contribution in [2.24, 2.45) is 0 Å². The van der Waals surface area contributed by atoms with Gasteiger partial charge in [-0.1, -0.05) is 24.3 Å². The van der Waals surface area contributed by atoms with Crippen LogP contribution >= 0.6 is 0 Å². The lowest BCUT2D eigenvalue weighted by Crippen LogP contribution is -2.34. The highest BCUT2D eigenvalue weighted by Gasteiger charge is 2.35. The van der Waals surface area contributed by atoms with Crippen LogP contribution in [-0.4, -0.2) is 19.8 Å². The summed E-state index contributed by atoms with van der Waals surface area (Å²) in [4.78, 5) is 3.24. The van der Waals surface area contributed by atoms with Crippen molar-refractivity contribution in [2.45, 2.75) is 6.18 Å². The summed E-state index contributed by atoms with van der Waals surface area (Å²) in [7, 11) is 1.86. The highest BCUT2D eigenvalue weighted by molar-refractivity contribution is 5.92. The normalized spacial score (nSPS) is 14.0. The van der Waals surface area contributed by atoms with Crippen molar-refractivity contribution in [2.75, 3.05) is 23.4 Å². The van der Waals surface area contributed by atoms with E-state index in [0.717, 1.165) is 11.4 Å². The maximum Gasteiger partial charge on any atom is 0.406 e. The van der Waals surface area contributed by atoms with Crippen LogP contribution in [0.4, 0.5) is 35.9 Å². The van der Waals surface area contributed by atoms with Gasteiger partial charge in [0.2, 0.25) is 0 Å². The summed E-state index contributed by atoms with van der Waals surface area (Å²) in [5.41, 5.74) is 2.70. The third kappa shape index (κ3) is 2.09. The summed E-state index contributed by atoms with van der Waals surface area (Å²) in [6.07, 6.45) is -4.25. The molecule has 2 aromatic carbocycles. The Hall–Kier alpha value is -2.17. The number of para-hydroxylation sites is 4. The molecule has 20 heavy (non-hydrogen) atoms.